The van der Waals surface area contributed by atoms with Crippen LogP contribution in [0.5, 0.6) is 0 Å². The van der Waals surface area contributed by atoms with Gasteiger partial charge in [0.05, 0.1) is 5.60 Å². The van der Waals surface area contributed by atoms with E-state index in [-0.39, 0.29) is 0 Å². The molecule has 0 aliphatic heterocycles. The molecule has 5 heteroatoms. The highest BCUT2D eigenvalue weighted by Crippen LogP contribution is 2.23. The number of rotatable bonds is 5. The maximum atomic E-state index is 11.6. The number of halogens is 1. The van der Waals surface area contributed by atoms with Gasteiger partial charge in [0.25, 0.3) is 0 Å². The van der Waals surface area contributed by atoms with Crippen molar-refractivity contribution in [3.63, 3.8) is 0 Å². The Kier molecular flexibility index (Phi) is 4.90. The molecule has 1 rings (SSSR count). The molecule has 0 aromatic heterocycles. The molecule has 0 spiro atoms. The maximum Gasteiger partial charge on any atom is 0.239 e. The molecule has 0 fully saturated rings. The van der Waals surface area contributed by atoms with Crippen LogP contribution in [0.2, 0.25) is 0 Å². The number of aliphatic hydroxyl groups is 1. The van der Waals surface area contributed by atoms with Gasteiger partial charge in [0.15, 0.2) is 0 Å². The number of nitrogens with zero attached hydrogens (tertiary/aromatic N) is 1. The molecule has 4 nitrogen and oxygen atoms in total. The number of likely N-dealkylation sites (N-methyl/N-ethyl adjacent to an activating group) is 1. The molecule has 0 aliphatic carbocycles. The fraction of sp³-hybridized carbons (Fsp3) is 0.462. The molecule has 1 aromatic rings. The Morgan fingerprint density at radius 1 is 1.56 bits per heavy atom. The summed E-state index contributed by atoms with van der Waals surface area (Å²) in [5, 5.41) is 9.82. The lowest BCUT2D eigenvalue weighted by Crippen LogP contribution is -2.42. The van der Waals surface area contributed by atoms with Gasteiger partial charge in [-0.2, -0.15) is 0 Å². The zero-order valence-electron chi connectivity index (χ0n) is 10.9. The first-order chi connectivity index (χ1) is 8.20. The van der Waals surface area contributed by atoms with Crippen molar-refractivity contribution < 1.29 is 9.90 Å². The van der Waals surface area contributed by atoms with Gasteiger partial charge in [-0.05, 0) is 38.6 Å². The minimum absolute atomic E-state index is 0.354. The number of hydrogen-bond acceptors (Lipinski definition) is 3. The van der Waals surface area contributed by atoms with Crippen LogP contribution in [-0.2, 0) is 4.79 Å². The number of carbonyl (C=O) groups is 1. The van der Waals surface area contributed by atoms with Crippen molar-refractivity contribution in [2.24, 2.45) is 5.73 Å². The lowest BCUT2D eigenvalue weighted by Gasteiger charge is -2.31. The molecule has 0 saturated carbocycles. The fourth-order valence-corrected chi connectivity index (χ4v) is 2.43. The Labute approximate surface area is 116 Å². The summed E-state index contributed by atoms with van der Waals surface area (Å²) in [4.78, 5) is 13.4. The van der Waals surface area contributed by atoms with E-state index in [1.807, 2.05) is 24.3 Å². The van der Waals surface area contributed by atoms with E-state index in [9.17, 15) is 9.90 Å². The normalized spacial score (nSPS) is 13.7. The third-order valence-electron chi connectivity index (χ3n) is 2.51. The summed E-state index contributed by atoms with van der Waals surface area (Å²) in [5.41, 5.74) is 5.39. The average Bonchev–Trinajstić information content (AvgIpc) is 2.13. The molecule has 0 radical (unpaired) electrons. The van der Waals surface area contributed by atoms with Crippen molar-refractivity contribution in [3.8, 4) is 0 Å². The van der Waals surface area contributed by atoms with E-state index in [4.69, 9.17) is 5.73 Å². The molecule has 0 aliphatic rings. The predicted octanol–water partition coefficient (Wildman–Crippen LogP) is 1.68. The smallest absolute Gasteiger partial charge is 0.239 e. The van der Waals surface area contributed by atoms with Gasteiger partial charge in [-0.15, -0.1) is 0 Å². The van der Waals surface area contributed by atoms with Gasteiger partial charge < -0.3 is 10.8 Å². The number of carbonyl (C=O) groups excluding carboxylic acids is 1. The van der Waals surface area contributed by atoms with Gasteiger partial charge in [0, 0.05) is 11.0 Å². The minimum Gasteiger partial charge on any atom is -0.389 e. The van der Waals surface area contributed by atoms with Crippen LogP contribution < -0.4 is 5.73 Å². The first-order valence-corrected chi connectivity index (χ1v) is 6.47. The maximum absolute atomic E-state index is 11.6. The monoisotopic (exact) mass is 314 g/mol. The molecule has 3 N–H and O–H groups in total. The zero-order valence-corrected chi connectivity index (χ0v) is 12.4. The summed E-state index contributed by atoms with van der Waals surface area (Å²) in [7, 11) is 1.77. The predicted molar refractivity (Wildman–Crippen MR) is 75.0 cm³/mol. The zero-order chi connectivity index (χ0) is 13.9. The molecule has 1 unspecified atom stereocenters. The van der Waals surface area contributed by atoms with Crippen molar-refractivity contribution in [3.05, 3.63) is 34.3 Å². The number of amides is 1. The Morgan fingerprint density at radius 3 is 2.61 bits per heavy atom. The van der Waals surface area contributed by atoms with Crippen LogP contribution in [0.4, 0.5) is 0 Å². The van der Waals surface area contributed by atoms with Gasteiger partial charge >= 0.3 is 0 Å². The Balaban J connectivity index is 3.00. The average molecular weight is 315 g/mol. The van der Waals surface area contributed by atoms with E-state index in [1.54, 1.807) is 25.8 Å². The molecule has 1 aromatic carbocycles. The lowest BCUT2D eigenvalue weighted by molar-refractivity contribution is -0.123. The van der Waals surface area contributed by atoms with Crippen molar-refractivity contribution >= 4 is 21.8 Å². The largest absolute Gasteiger partial charge is 0.389 e. The summed E-state index contributed by atoms with van der Waals surface area (Å²) < 4.78 is 0.892. The van der Waals surface area contributed by atoms with E-state index in [0.29, 0.717) is 6.54 Å². The lowest BCUT2D eigenvalue weighted by atomic mass is 10.0. The molecule has 0 saturated heterocycles. The summed E-state index contributed by atoms with van der Waals surface area (Å²) in [6, 6.07) is 6.90. The van der Waals surface area contributed by atoms with Crippen molar-refractivity contribution in [1.29, 1.82) is 0 Å². The molecule has 0 bridgehead atoms. The van der Waals surface area contributed by atoms with Crippen molar-refractivity contribution in [2.75, 3.05) is 13.6 Å². The van der Waals surface area contributed by atoms with E-state index >= 15 is 0 Å². The highest BCUT2D eigenvalue weighted by molar-refractivity contribution is 9.10. The fourth-order valence-electron chi connectivity index (χ4n) is 2.01. The van der Waals surface area contributed by atoms with Gasteiger partial charge in [-0.3, -0.25) is 9.69 Å². The number of primary amides is 1. The summed E-state index contributed by atoms with van der Waals surface area (Å²) >= 11 is 3.37. The van der Waals surface area contributed by atoms with Crippen LogP contribution in [0.3, 0.4) is 0 Å². The van der Waals surface area contributed by atoms with Gasteiger partial charge in [0.2, 0.25) is 5.91 Å². The third-order valence-corrected chi connectivity index (χ3v) is 3.00. The first kappa shape index (κ1) is 15.1. The SMILES string of the molecule is CN(CC(C)(C)O)C(C(N)=O)c1cccc(Br)c1. The highest BCUT2D eigenvalue weighted by Gasteiger charge is 2.27. The Bertz CT molecular complexity index is 429. The van der Waals surface area contributed by atoms with Crippen molar-refractivity contribution in [2.45, 2.75) is 25.5 Å². The van der Waals surface area contributed by atoms with Crippen LogP contribution in [0.15, 0.2) is 28.7 Å². The van der Waals surface area contributed by atoms with Crippen LogP contribution in [-0.4, -0.2) is 35.1 Å². The van der Waals surface area contributed by atoms with Crippen LogP contribution in [0.1, 0.15) is 25.5 Å². The molecule has 0 heterocycles. The third kappa shape index (κ3) is 4.40. The second kappa shape index (κ2) is 5.82. The van der Waals surface area contributed by atoms with Gasteiger partial charge in [-0.1, -0.05) is 28.1 Å². The summed E-state index contributed by atoms with van der Waals surface area (Å²) in [6.07, 6.45) is 0. The van der Waals surface area contributed by atoms with E-state index in [2.05, 4.69) is 15.9 Å². The number of benzene rings is 1. The van der Waals surface area contributed by atoms with Crippen LogP contribution in [0, 0.1) is 0 Å². The van der Waals surface area contributed by atoms with Gasteiger partial charge in [0.1, 0.15) is 6.04 Å². The van der Waals surface area contributed by atoms with Gasteiger partial charge in [-0.25, -0.2) is 0 Å². The van der Waals surface area contributed by atoms with Crippen LogP contribution >= 0.6 is 15.9 Å². The molecule has 1 amide bonds. The number of nitrogens with two attached hydrogens (primary N) is 1. The van der Waals surface area contributed by atoms with E-state index in [1.165, 1.54) is 0 Å². The Hall–Kier alpha value is -0.910. The minimum atomic E-state index is -0.880. The second-order valence-electron chi connectivity index (χ2n) is 5.09. The van der Waals surface area contributed by atoms with E-state index in [0.717, 1.165) is 10.0 Å². The van der Waals surface area contributed by atoms with Crippen molar-refractivity contribution in [1.82, 2.24) is 4.90 Å². The molecule has 1 atom stereocenters. The topological polar surface area (TPSA) is 66.6 Å². The summed E-state index contributed by atoms with van der Waals surface area (Å²) in [5.74, 6) is -0.431. The second-order valence-corrected chi connectivity index (χ2v) is 6.00. The number of hydrogen-bond donors (Lipinski definition) is 2. The molecular formula is C13H19BrN2O2. The highest BCUT2D eigenvalue weighted by atomic mass is 79.9. The first-order valence-electron chi connectivity index (χ1n) is 5.68. The summed E-state index contributed by atoms with van der Waals surface area (Å²) in [6.45, 7) is 3.75. The quantitative estimate of drug-likeness (QED) is 0.869. The standard InChI is InChI=1S/C13H19BrN2O2/c1-13(2,18)8-16(3)11(12(15)17)9-5-4-6-10(14)7-9/h4-7,11,18H,8H2,1-3H3,(H2,15,17). The molecule has 100 valence electrons. The van der Waals surface area contributed by atoms with E-state index < -0.39 is 17.6 Å². The molecule has 18 heavy (non-hydrogen) atoms. The Morgan fingerprint density at radius 2 is 2.17 bits per heavy atom. The van der Waals surface area contributed by atoms with Crippen LogP contribution in [0.25, 0.3) is 0 Å². The molecular weight excluding hydrogens is 296 g/mol.